The second-order valence-electron chi connectivity index (χ2n) is 2.99. The van der Waals surface area contributed by atoms with Crippen molar-refractivity contribution in [3.05, 3.63) is 15.1 Å². The molecule has 7 heteroatoms. The Morgan fingerprint density at radius 2 is 2.00 bits per heavy atom. The molecule has 1 aromatic rings. The van der Waals surface area contributed by atoms with Crippen LogP contribution in [0.25, 0.3) is 0 Å². The quantitative estimate of drug-likeness (QED) is 0.800. The number of nitrogens with two attached hydrogens (primary N) is 1. The lowest BCUT2D eigenvalue weighted by Crippen LogP contribution is -2.09. The van der Waals surface area contributed by atoms with E-state index in [0.717, 1.165) is 9.83 Å². The average Bonchev–Trinajstić information content (AvgIpc) is 1.96. The molecule has 0 atom stereocenters. The highest BCUT2D eigenvalue weighted by Crippen LogP contribution is 2.15. The number of aryl methyl sites for hydroxylation is 1. The third kappa shape index (κ3) is 3.05. The Kier molecular flexibility index (Phi) is 3.30. The second kappa shape index (κ2) is 3.97. The average molecular weight is 327 g/mol. The zero-order valence-corrected chi connectivity index (χ0v) is 10.8. The molecule has 0 spiro atoms. The van der Waals surface area contributed by atoms with Gasteiger partial charge in [0.2, 0.25) is 0 Å². The van der Waals surface area contributed by atoms with Crippen molar-refractivity contribution in [2.45, 2.75) is 12.7 Å². The minimum absolute atomic E-state index is 0.172. The highest BCUT2D eigenvalue weighted by atomic mass is 127. The number of halogens is 1. The van der Waals surface area contributed by atoms with Gasteiger partial charge < -0.3 is 5.73 Å². The first kappa shape index (κ1) is 11.6. The molecule has 0 unspecified atom stereocenters. The van der Waals surface area contributed by atoms with E-state index in [1.54, 1.807) is 6.92 Å². The lowest BCUT2D eigenvalue weighted by Gasteiger charge is -2.04. The maximum Gasteiger partial charge on any atom is 0.154 e. The smallest absolute Gasteiger partial charge is 0.154 e. The van der Waals surface area contributed by atoms with Gasteiger partial charge in [-0.05, 0) is 29.5 Å². The van der Waals surface area contributed by atoms with E-state index >= 15 is 0 Å². The first-order valence-corrected chi connectivity index (χ1v) is 6.90. The number of rotatable bonds is 2. The van der Waals surface area contributed by atoms with Crippen LogP contribution in [0, 0.1) is 10.5 Å². The van der Waals surface area contributed by atoms with Gasteiger partial charge in [-0.2, -0.15) is 0 Å². The van der Waals surface area contributed by atoms with Crippen LogP contribution < -0.4 is 5.73 Å². The molecular formula is C7H10IN3O2S. The molecule has 0 saturated carbocycles. The van der Waals surface area contributed by atoms with Crippen molar-refractivity contribution in [1.82, 2.24) is 9.97 Å². The van der Waals surface area contributed by atoms with Gasteiger partial charge in [0, 0.05) is 6.26 Å². The van der Waals surface area contributed by atoms with Gasteiger partial charge in [-0.25, -0.2) is 18.4 Å². The maximum atomic E-state index is 11.0. The lowest BCUT2D eigenvalue weighted by molar-refractivity contribution is 0.599. The SMILES string of the molecule is Cc1nc(CS(C)(=O)=O)nc(N)c1I. The fourth-order valence-electron chi connectivity index (χ4n) is 0.940. The Labute approximate surface area is 96.2 Å². The second-order valence-corrected chi connectivity index (χ2v) is 6.21. The summed E-state index contributed by atoms with van der Waals surface area (Å²) in [5.74, 6) is 0.411. The van der Waals surface area contributed by atoms with E-state index in [1.165, 1.54) is 0 Å². The number of anilines is 1. The van der Waals surface area contributed by atoms with Gasteiger partial charge in [-0.1, -0.05) is 0 Å². The van der Waals surface area contributed by atoms with Crippen molar-refractivity contribution >= 4 is 38.2 Å². The van der Waals surface area contributed by atoms with Crippen LogP contribution in [0.4, 0.5) is 5.82 Å². The van der Waals surface area contributed by atoms with Crippen LogP contribution in [0.15, 0.2) is 0 Å². The Morgan fingerprint density at radius 1 is 1.43 bits per heavy atom. The summed E-state index contributed by atoms with van der Waals surface area (Å²) in [6.07, 6.45) is 1.14. The summed E-state index contributed by atoms with van der Waals surface area (Å²) < 4.78 is 22.7. The predicted molar refractivity (Wildman–Crippen MR) is 62.4 cm³/mol. The number of sulfone groups is 1. The molecule has 0 saturated heterocycles. The number of nitrogens with zero attached hydrogens (tertiary/aromatic N) is 2. The zero-order chi connectivity index (χ0) is 10.9. The van der Waals surface area contributed by atoms with Gasteiger partial charge in [-0.15, -0.1) is 0 Å². The van der Waals surface area contributed by atoms with Crippen molar-refractivity contribution in [3.8, 4) is 0 Å². The van der Waals surface area contributed by atoms with E-state index in [2.05, 4.69) is 9.97 Å². The van der Waals surface area contributed by atoms with Crippen LogP contribution in [-0.2, 0) is 15.6 Å². The van der Waals surface area contributed by atoms with Crippen LogP contribution in [0.1, 0.15) is 11.5 Å². The van der Waals surface area contributed by atoms with Crippen molar-refractivity contribution in [1.29, 1.82) is 0 Å². The first-order valence-electron chi connectivity index (χ1n) is 3.76. The van der Waals surface area contributed by atoms with Crippen LogP contribution in [0.3, 0.4) is 0 Å². The van der Waals surface area contributed by atoms with Crippen LogP contribution in [0.5, 0.6) is 0 Å². The molecule has 0 aliphatic carbocycles. The molecule has 0 aliphatic rings. The van der Waals surface area contributed by atoms with Crippen molar-refractivity contribution in [3.63, 3.8) is 0 Å². The number of nitrogen functional groups attached to an aromatic ring is 1. The van der Waals surface area contributed by atoms with Gasteiger partial charge in [0.25, 0.3) is 0 Å². The predicted octanol–water partition coefficient (Wildman–Crippen LogP) is 0.516. The zero-order valence-electron chi connectivity index (χ0n) is 7.78. The molecular weight excluding hydrogens is 317 g/mol. The normalized spacial score (nSPS) is 11.6. The molecule has 0 fully saturated rings. The molecule has 0 aromatic carbocycles. The van der Waals surface area contributed by atoms with Gasteiger partial charge >= 0.3 is 0 Å². The van der Waals surface area contributed by atoms with Crippen molar-refractivity contribution < 1.29 is 8.42 Å². The van der Waals surface area contributed by atoms with Crippen LogP contribution >= 0.6 is 22.6 Å². The van der Waals surface area contributed by atoms with E-state index < -0.39 is 9.84 Å². The minimum Gasteiger partial charge on any atom is -0.383 e. The van der Waals surface area contributed by atoms with E-state index in [9.17, 15) is 8.42 Å². The molecule has 5 nitrogen and oxygen atoms in total. The van der Waals surface area contributed by atoms with Gasteiger partial charge in [0.05, 0.1) is 9.26 Å². The van der Waals surface area contributed by atoms with Crippen LogP contribution in [-0.4, -0.2) is 24.6 Å². The Bertz CT molecular complexity index is 435. The topological polar surface area (TPSA) is 85.9 Å². The Morgan fingerprint density at radius 3 is 2.43 bits per heavy atom. The Hall–Kier alpha value is -0.440. The molecule has 1 heterocycles. The highest BCUT2D eigenvalue weighted by Gasteiger charge is 2.11. The fourth-order valence-corrected chi connectivity index (χ4v) is 1.78. The lowest BCUT2D eigenvalue weighted by atomic mass is 10.4. The van der Waals surface area contributed by atoms with E-state index in [4.69, 9.17) is 5.73 Å². The van der Waals surface area contributed by atoms with E-state index in [0.29, 0.717) is 11.5 Å². The van der Waals surface area contributed by atoms with Crippen molar-refractivity contribution in [2.24, 2.45) is 0 Å². The van der Waals surface area contributed by atoms with Gasteiger partial charge in [0.1, 0.15) is 17.4 Å². The van der Waals surface area contributed by atoms with E-state index in [1.807, 2.05) is 22.6 Å². The fraction of sp³-hybridized carbons (Fsp3) is 0.429. The first-order chi connectivity index (χ1) is 6.29. The molecule has 1 rings (SSSR count). The van der Waals surface area contributed by atoms with Crippen LogP contribution in [0.2, 0.25) is 0 Å². The summed E-state index contributed by atoms with van der Waals surface area (Å²) in [6.45, 7) is 1.77. The van der Waals surface area contributed by atoms with E-state index in [-0.39, 0.29) is 11.6 Å². The monoisotopic (exact) mass is 327 g/mol. The summed E-state index contributed by atoms with van der Waals surface area (Å²) in [7, 11) is -3.11. The molecule has 0 bridgehead atoms. The van der Waals surface area contributed by atoms with Gasteiger partial charge in [0.15, 0.2) is 9.84 Å². The molecule has 1 aromatic heterocycles. The highest BCUT2D eigenvalue weighted by molar-refractivity contribution is 14.1. The third-order valence-corrected chi connectivity index (χ3v) is 3.60. The number of aromatic nitrogens is 2. The molecule has 0 aliphatic heterocycles. The Balaban J connectivity index is 3.14. The summed E-state index contributed by atoms with van der Waals surface area (Å²) in [5, 5.41) is 0. The summed E-state index contributed by atoms with van der Waals surface area (Å²) in [4.78, 5) is 7.94. The number of hydrogen-bond donors (Lipinski definition) is 1. The minimum atomic E-state index is -3.11. The third-order valence-electron chi connectivity index (χ3n) is 1.48. The standard InChI is InChI=1S/C7H10IN3O2S/c1-4-6(8)7(9)11-5(10-4)3-14(2,12)13/h3H2,1-2H3,(H2,9,10,11). The maximum absolute atomic E-state index is 11.0. The molecule has 78 valence electrons. The summed E-state index contributed by atoms with van der Waals surface area (Å²) >= 11 is 2.02. The molecule has 14 heavy (non-hydrogen) atoms. The molecule has 0 radical (unpaired) electrons. The summed E-state index contributed by atoms with van der Waals surface area (Å²) in [5.41, 5.74) is 6.29. The molecule has 0 amide bonds. The van der Waals surface area contributed by atoms with Crippen molar-refractivity contribution in [2.75, 3.05) is 12.0 Å². The number of hydrogen-bond acceptors (Lipinski definition) is 5. The van der Waals surface area contributed by atoms with Gasteiger partial charge in [-0.3, -0.25) is 0 Å². The summed E-state index contributed by atoms with van der Waals surface area (Å²) in [6, 6.07) is 0. The molecule has 2 N–H and O–H groups in total. The largest absolute Gasteiger partial charge is 0.383 e.